The maximum atomic E-state index is 12.8. The third-order valence-electron chi connectivity index (χ3n) is 5.16. The van der Waals surface area contributed by atoms with E-state index in [1.165, 1.54) is 5.56 Å². The molecule has 8 heteroatoms. The van der Waals surface area contributed by atoms with Gasteiger partial charge < -0.3 is 15.4 Å². The number of carbonyl (C=O) groups excluding carboxylic acids is 2. The molecule has 0 saturated carbocycles. The first-order valence-electron chi connectivity index (χ1n) is 10.6. The molecule has 1 atom stereocenters. The molecule has 1 unspecified atom stereocenters. The lowest BCUT2D eigenvalue weighted by Crippen LogP contribution is -2.33. The van der Waals surface area contributed by atoms with Crippen molar-refractivity contribution in [3.63, 3.8) is 0 Å². The number of carbonyl (C=O) groups is 2. The van der Waals surface area contributed by atoms with Crippen LogP contribution in [-0.4, -0.2) is 34.2 Å². The van der Waals surface area contributed by atoms with Gasteiger partial charge >= 0.3 is 0 Å². The van der Waals surface area contributed by atoms with Gasteiger partial charge in [-0.25, -0.2) is 4.68 Å². The Labute approximate surface area is 191 Å². The van der Waals surface area contributed by atoms with Crippen LogP contribution in [0, 0.1) is 0 Å². The zero-order valence-corrected chi connectivity index (χ0v) is 18.7. The number of anilines is 1. The molecule has 0 fully saturated rings. The van der Waals surface area contributed by atoms with Crippen LogP contribution >= 0.6 is 11.8 Å². The molecule has 0 spiro atoms. The first-order chi connectivity index (χ1) is 15.6. The van der Waals surface area contributed by atoms with Crippen LogP contribution in [0.15, 0.2) is 60.7 Å². The van der Waals surface area contributed by atoms with Crippen LogP contribution in [0.5, 0.6) is 5.75 Å². The minimum absolute atomic E-state index is 0.0516. The van der Waals surface area contributed by atoms with Crippen molar-refractivity contribution < 1.29 is 14.3 Å². The first-order valence-corrected chi connectivity index (χ1v) is 11.7. The van der Waals surface area contributed by atoms with E-state index in [1.807, 2.05) is 60.7 Å². The lowest BCUT2D eigenvalue weighted by atomic mass is 10.1. The van der Waals surface area contributed by atoms with Crippen molar-refractivity contribution in [2.24, 2.45) is 0 Å². The number of rotatable bonds is 9. The van der Waals surface area contributed by atoms with Crippen LogP contribution in [0.4, 0.5) is 5.82 Å². The van der Waals surface area contributed by atoms with E-state index in [1.54, 1.807) is 23.4 Å². The number of aromatic nitrogens is 2. The predicted octanol–water partition coefficient (Wildman–Crippen LogP) is 3.39. The van der Waals surface area contributed by atoms with Crippen LogP contribution in [0.2, 0.25) is 0 Å². The SMILES string of the molecule is CC(Oc1ccccc1)C(=O)Nc1c2c(nn1CC(=O)NCCc1ccccc1)CSC2. The predicted molar refractivity (Wildman–Crippen MR) is 126 cm³/mol. The summed E-state index contributed by atoms with van der Waals surface area (Å²) in [5, 5.41) is 10.5. The minimum Gasteiger partial charge on any atom is -0.481 e. The lowest BCUT2D eigenvalue weighted by Gasteiger charge is -2.16. The van der Waals surface area contributed by atoms with Crippen molar-refractivity contribution in [2.75, 3.05) is 11.9 Å². The lowest BCUT2D eigenvalue weighted by molar-refractivity contribution is -0.123. The maximum Gasteiger partial charge on any atom is 0.266 e. The second-order valence-electron chi connectivity index (χ2n) is 7.57. The molecule has 7 nitrogen and oxygen atoms in total. The van der Waals surface area contributed by atoms with Crippen LogP contribution in [0.25, 0.3) is 0 Å². The molecule has 0 aliphatic carbocycles. The average molecular weight is 451 g/mol. The number of nitrogens with zero attached hydrogens (tertiary/aromatic N) is 2. The number of thioether (sulfide) groups is 1. The summed E-state index contributed by atoms with van der Waals surface area (Å²) in [6.07, 6.45) is 0.0710. The average Bonchev–Trinajstić information content (AvgIpc) is 3.37. The van der Waals surface area contributed by atoms with Gasteiger partial charge in [-0.15, -0.1) is 0 Å². The molecule has 1 aromatic heterocycles. The van der Waals surface area contributed by atoms with Crippen molar-refractivity contribution in [3.8, 4) is 5.75 Å². The van der Waals surface area contributed by atoms with Gasteiger partial charge in [0.1, 0.15) is 18.1 Å². The molecule has 32 heavy (non-hydrogen) atoms. The Morgan fingerprint density at radius 1 is 1.09 bits per heavy atom. The molecule has 166 valence electrons. The summed E-state index contributed by atoms with van der Waals surface area (Å²) < 4.78 is 7.33. The molecule has 0 radical (unpaired) electrons. The Hall–Kier alpha value is -3.26. The number of fused-ring (bicyclic) bond motifs is 1. The summed E-state index contributed by atoms with van der Waals surface area (Å²) in [6.45, 7) is 2.30. The van der Waals surface area contributed by atoms with Crippen molar-refractivity contribution in [1.82, 2.24) is 15.1 Å². The van der Waals surface area contributed by atoms with Crippen molar-refractivity contribution in [1.29, 1.82) is 0 Å². The summed E-state index contributed by atoms with van der Waals surface area (Å²) in [5.41, 5.74) is 3.06. The Morgan fingerprint density at radius 2 is 1.81 bits per heavy atom. The molecule has 0 bridgehead atoms. The van der Waals surface area contributed by atoms with Gasteiger partial charge in [-0.05, 0) is 31.0 Å². The highest BCUT2D eigenvalue weighted by Gasteiger charge is 2.26. The third kappa shape index (κ3) is 5.50. The maximum absolute atomic E-state index is 12.8. The normalized spacial score (nSPS) is 13.3. The molecule has 0 saturated heterocycles. The van der Waals surface area contributed by atoms with Gasteiger partial charge in [-0.2, -0.15) is 16.9 Å². The summed E-state index contributed by atoms with van der Waals surface area (Å²) in [5.74, 6) is 2.32. The van der Waals surface area contributed by atoms with E-state index in [0.717, 1.165) is 29.2 Å². The molecule has 1 aliphatic heterocycles. The number of hydrogen-bond acceptors (Lipinski definition) is 5. The highest BCUT2D eigenvalue weighted by Crippen LogP contribution is 2.34. The van der Waals surface area contributed by atoms with Crippen LogP contribution in [0.1, 0.15) is 23.7 Å². The van der Waals surface area contributed by atoms with Crippen LogP contribution in [-0.2, 0) is 34.1 Å². The van der Waals surface area contributed by atoms with E-state index in [-0.39, 0.29) is 18.4 Å². The van der Waals surface area contributed by atoms with Gasteiger partial charge in [-0.1, -0.05) is 48.5 Å². The van der Waals surface area contributed by atoms with E-state index in [4.69, 9.17) is 4.74 Å². The van der Waals surface area contributed by atoms with E-state index >= 15 is 0 Å². The third-order valence-corrected chi connectivity index (χ3v) is 6.13. The zero-order chi connectivity index (χ0) is 22.3. The Bertz CT molecular complexity index is 1070. The first kappa shape index (κ1) is 22.0. The van der Waals surface area contributed by atoms with Gasteiger partial charge in [-0.3, -0.25) is 9.59 Å². The van der Waals surface area contributed by atoms with Crippen molar-refractivity contribution >= 4 is 29.4 Å². The fourth-order valence-corrected chi connectivity index (χ4v) is 4.51. The topological polar surface area (TPSA) is 85.2 Å². The van der Waals surface area contributed by atoms with E-state index in [0.29, 0.717) is 18.1 Å². The van der Waals surface area contributed by atoms with Crippen LogP contribution in [0.3, 0.4) is 0 Å². The van der Waals surface area contributed by atoms with E-state index in [9.17, 15) is 9.59 Å². The molecule has 3 aromatic rings. The Balaban J connectivity index is 1.38. The molecule has 2 heterocycles. The second kappa shape index (κ2) is 10.4. The molecule has 1 aliphatic rings. The summed E-state index contributed by atoms with van der Waals surface area (Å²) >= 11 is 1.74. The number of benzene rings is 2. The smallest absolute Gasteiger partial charge is 0.266 e. The standard InChI is InChI=1S/C24H26N4O3S/c1-17(31-19-10-6-3-7-11-19)24(30)26-23-20-15-32-16-21(20)27-28(23)14-22(29)25-13-12-18-8-4-2-5-9-18/h2-11,17H,12-16H2,1H3,(H,25,29)(H,26,30). The Morgan fingerprint density at radius 3 is 2.56 bits per heavy atom. The summed E-state index contributed by atoms with van der Waals surface area (Å²) in [4.78, 5) is 25.3. The number of nitrogens with one attached hydrogen (secondary N) is 2. The Kier molecular flexibility index (Phi) is 7.11. The number of hydrogen-bond donors (Lipinski definition) is 2. The van der Waals surface area contributed by atoms with E-state index < -0.39 is 6.10 Å². The zero-order valence-electron chi connectivity index (χ0n) is 17.9. The fourth-order valence-electron chi connectivity index (χ4n) is 3.48. The molecule has 2 aromatic carbocycles. The molecular weight excluding hydrogens is 424 g/mol. The van der Waals surface area contributed by atoms with Crippen molar-refractivity contribution in [3.05, 3.63) is 77.5 Å². The highest BCUT2D eigenvalue weighted by molar-refractivity contribution is 7.98. The largest absolute Gasteiger partial charge is 0.481 e. The molecule has 4 rings (SSSR count). The quantitative estimate of drug-likeness (QED) is 0.522. The summed E-state index contributed by atoms with van der Waals surface area (Å²) in [7, 11) is 0. The van der Waals surface area contributed by atoms with Gasteiger partial charge in [0.15, 0.2) is 6.10 Å². The number of ether oxygens (including phenoxy) is 1. The summed E-state index contributed by atoms with van der Waals surface area (Å²) in [6, 6.07) is 19.2. The second-order valence-corrected chi connectivity index (χ2v) is 8.56. The monoisotopic (exact) mass is 450 g/mol. The van der Waals surface area contributed by atoms with E-state index in [2.05, 4.69) is 15.7 Å². The number of amides is 2. The minimum atomic E-state index is -0.690. The molecule has 2 N–H and O–H groups in total. The highest BCUT2D eigenvalue weighted by atomic mass is 32.2. The molecule has 2 amide bonds. The van der Waals surface area contributed by atoms with Gasteiger partial charge in [0.05, 0.1) is 5.69 Å². The fraction of sp³-hybridized carbons (Fsp3) is 0.292. The number of para-hydroxylation sites is 1. The van der Waals surface area contributed by atoms with Gasteiger partial charge in [0.25, 0.3) is 5.91 Å². The van der Waals surface area contributed by atoms with Crippen LogP contribution < -0.4 is 15.4 Å². The van der Waals surface area contributed by atoms with Gasteiger partial charge in [0, 0.05) is 23.6 Å². The molecular formula is C24H26N4O3S. The van der Waals surface area contributed by atoms with Crippen molar-refractivity contribution in [2.45, 2.75) is 37.5 Å². The van der Waals surface area contributed by atoms with Gasteiger partial charge in [0.2, 0.25) is 5.91 Å².